The van der Waals surface area contributed by atoms with E-state index in [2.05, 4.69) is 46.5 Å². The molecule has 2 heteroatoms. The Bertz CT molecular complexity index is 407. The molecule has 20 heavy (non-hydrogen) atoms. The third kappa shape index (κ3) is 5.36. The highest BCUT2D eigenvalue weighted by atomic mass is 15.2. The van der Waals surface area contributed by atoms with E-state index in [4.69, 9.17) is 6.42 Å². The molecule has 1 aliphatic heterocycles. The summed E-state index contributed by atoms with van der Waals surface area (Å²) in [5.74, 6) is 2.70. The molecule has 1 heterocycles. The predicted octanol–water partition coefficient (Wildman–Crippen LogP) is 2.70. The number of rotatable bonds is 8. The van der Waals surface area contributed by atoms with Gasteiger partial charge in [-0.1, -0.05) is 30.3 Å². The molecule has 108 valence electrons. The summed E-state index contributed by atoms with van der Waals surface area (Å²) in [6, 6.07) is 11.4. The second kappa shape index (κ2) is 8.79. The fraction of sp³-hybridized carbons (Fsp3) is 0.556. The number of nitrogens with one attached hydrogen (secondary N) is 1. The first-order valence-electron chi connectivity index (χ1n) is 7.81. The van der Waals surface area contributed by atoms with E-state index in [1.165, 1.54) is 38.0 Å². The van der Waals surface area contributed by atoms with Crippen molar-refractivity contribution in [1.82, 2.24) is 10.2 Å². The number of benzene rings is 1. The lowest BCUT2D eigenvalue weighted by Gasteiger charge is -2.16. The normalized spacial score (nSPS) is 19.1. The van der Waals surface area contributed by atoms with Gasteiger partial charge in [0.05, 0.1) is 0 Å². The van der Waals surface area contributed by atoms with E-state index in [0.29, 0.717) is 6.04 Å². The molecule has 0 radical (unpaired) electrons. The van der Waals surface area contributed by atoms with Crippen LogP contribution >= 0.6 is 0 Å². The molecule has 0 amide bonds. The summed E-state index contributed by atoms with van der Waals surface area (Å²) >= 11 is 0. The quantitative estimate of drug-likeness (QED) is 0.577. The SMILES string of the molecule is C#CCCCCNC1CCN(CCc2ccccc2)C1. The molecule has 2 rings (SSSR count). The van der Waals surface area contributed by atoms with E-state index in [1.54, 1.807) is 0 Å². The van der Waals surface area contributed by atoms with Crippen LogP contribution in [0, 0.1) is 12.3 Å². The van der Waals surface area contributed by atoms with E-state index >= 15 is 0 Å². The topological polar surface area (TPSA) is 15.3 Å². The molecule has 1 atom stereocenters. The molecular weight excluding hydrogens is 244 g/mol. The van der Waals surface area contributed by atoms with E-state index in [9.17, 15) is 0 Å². The Morgan fingerprint density at radius 2 is 2.10 bits per heavy atom. The number of terminal acetylenes is 1. The monoisotopic (exact) mass is 270 g/mol. The second-order valence-electron chi connectivity index (χ2n) is 5.64. The van der Waals surface area contributed by atoms with Gasteiger partial charge in [0.15, 0.2) is 0 Å². The van der Waals surface area contributed by atoms with Crippen molar-refractivity contribution in [3.63, 3.8) is 0 Å². The van der Waals surface area contributed by atoms with Gasteiger partial charge in [0, 0.05) is 25.6 Å². The summed E-state index contributed by atoms with van der Waals surface area (Å²) in [6.07, 6.45) is 11.0. The molecule has 1 aromatic rings. The summed E-state index contributed by atoms with van der Waals surface area (Å²) in [4.78, 5) is 2.58. The lowest BCUT2D eigenvalue weighted by molar-refractivity contribution is 0.331. The highest BCUT2D eigenvalue weighted by molar-refractivity contribution is 5.14. The smallest absolute Gasteiger partial charge is 0.0207 e. The zero-order chi connectivity index (χ0) is 14.0. The maximum absolute atomic E-state index is 5.26. The van der Waals surface area contributed by atoms with E-state index in [1.807, 2.05) is 0 Å². The van der Waals surface area contributed by atoms with Gasteiger partial charge in [-0.25, -0.2) is 0 Å². The van der Waals surface area contributed by atoms with Crippen LogP contribution in [0.3, 0.4) is 0 Å². The minimum atomic E-state index is 0.677. The summed E-state index contributed by atoms with van der Waals surface area (Å²) < 4.78 is 0. The van der Waals surface area contributed by atoms with Gasteiger partial charge in [0.2, 0.25) is 0 Å². The highest BCUT2D eigenvalue weighted by Crippen LogP contribution is 2.10. The standard InChI is InChI=1S/C18H26N2/c1-2-3-4-8-13-19-18-12-15-20(16-18)14-11-17-9-6-5-7-10-17/h1,5-7,9-10,18-19H,3-4,8,11-16H2. The van der Waals surface area contributed by atoms with E-state index in [-0.39, 0.29) is 0 Å². The van der Waals surface area contributed by atoms with Crippen LogP contribution in [0.5, 0.6) is 0 Å². The maximum Gasteiger partial charge on any atom is 0.0207 e. The van der Waals surface area contributed by atoms with Gasteiger partial charge >= 0.3 is 0 Å². The number of nitrogens with zero attached hydrogens (tertiary/aromatic N) is 1. The van der Waals surface area contributed by atoms with Crippen molar-refractivity contribution in [1.29, 1.82) is 0 Å². The molecule has 1 fully saturated rings. The Labute approximate surface area is 123 Å². The minimum absolute atomic E-state index is 0.677. The van der Waals surface area contributed by atoms with Crippen molar-refractivity contribution in [3.05, 3.63) is 35.9 Å². The average molecular weight is 270 g/mol. The Morgan fingerprint density at radius 3 is 2.90 bits per heavy atom. The van der Waals surface area contributed by atoms with Gasteiger partial charge in [-0.05, 0) is 44.3 Å². The van der Waals surface area contributed by atoms with Crippen LogP contribution in [0.25, 0.3) is 0 Å². The van der Waals surface area contributed by atoms with Crippen LogP contribution in [0.1, 0.15) is 31.2 Å². The second-order valence-corrected chi connectivity index (χ2v) is 5.64. The molecule has 2 nitrogen and oxygen atoms in total. The van der Waals surface area contributed by atoms with Gasteiger partial charge < -0.3 is 10.2 Å². The highest BCUT2D eigenvalue weighted by Gasteiger charge is 2.21. The third-order valence-corrected chi connectivity index (χ3v) is 4.01. The van der Waals surface area contributed by atoms with Gasteiger partial charge in [-0.2, -0.15) is 0 Å². The largest absolute Gasteiger partial charge is 0.313 e. The van der Waals surface area contributed by atoms with Gasteiger partial charge in [-0.3, -0.25) is 0 Å². The maximum atomic E-state index is 5.26. The van der Waals surface area contributed by atoms with Crippen molar-refractivity contribution in [2.75, 3.05) is 26.2 Å². The van der Waals surface area contributed by atoms with Crippen LogP contribution < -0.4 is 5.32 Å². The van der Waals surface area contributed by atoms with Crippen LogP contribution in [0.2, 0.25) is 0 Å². The number of hydrogen-bond acceptors (Lipinski definition) is 2. The molecule has 1 aliphatic rings. The molecule has 1 saturated heterocycles. The number of unbranched alkanes of at least 4 members (excludes halogenated alkanes) is 2. The van der Waals surface area contributed by atoms with Crippen molar-refractivity contribution < 1.29 is 0 Å². The van der Waals surface area contributed by atoms with Crippen molar-refractivity contribution in [2.24, 2.45) is 0 Å². The third-order valence-electron chi connectivity index (χ3n) is 4.01. The molecule has 0 spiro atoms. The number of hydrogen-bond donors (Lipinski definition) is 1. The fourth-order valence-corrected chi connectivity index (χ4v) is 2.79. The zero-order valence-corrected chi connectivity index (χ0v) is 12.4. The molecule has 1 unspecified atom stereocenters. The molecule has 1 aromatic carbocycles. The molecule has 0 aromatic heterocycles. The molecule has 1 N–H and O–H groups in total. The molecule has 0 aliphatic carbocycles. The van der Waals surface area contributed by atoms with Crippen LogP contribution in [0.4, 0.5) is 0 Å². The molecule has 0 bridgehead atoms. The van der Waals surface area contributed by atoms with Crippen molar-refractivity contribution in [3.8, 4) is 12.3 Å². The van der Waals surface area contributed by atoms with Gasteiger partial charge in [-0.15, -0.1) is 12.3 Å². The summed E-state index contributed by atoms with van der Waals surface area (Å²) in [5, 5.41) is 3.66. The Morgan fingerprint density at radius 1 is 1.25 bits per heavy atom. The van der Waals surface area contributed by atoms with Crippen LogP contribution in [0.15, 0.2) is 30.3 Å². The van der Waals surface area contributed by atoms with Crippen molar-refractivity contribution >= 4 is 0 Å². The van der Waals surface area contributed by atoms with Crippen LogP contribution in [-0.4, -0.2) is 37.1 Å². The summed E-state index contributed by atoms with van der Waals surface area (Å²) in [7, 11) is 0. The fourth-order valence-electron chi connectivity index (χ4n) is 2.79. The summed E-state index contributed by atoms with van der Waals surface area (Å²) in [6.45, 7) is 4.72. The zero-order valence-electron chi connectivity index (χ0n) is 12.4. The van der Waals surface area contributed by atoms with Gasteiger partial charge in [0.25, 0.3) is 0 Å². The first-order valence-corrected chi connectivity index (χ1v) is 7.81. The first kappa shape index (κ1) is 15.1. The lowest BCUT2D eigenvalue weighted by atomic mass is 10.1. The first-order chi connectivity index (χ1) is 9.88. The van der Waals surface area contributed by atoms with Gasteiger partial charge in [0.1, 0.15) is 0 Å². The van der Waals surface area contributed by atoms with Crippen LogP contribution in [-0.2, 0) is 6.42 Å². The predicted molar refractivity (Wildman–Crippen MR) is 85.7 cm³/mol. The minimum Gasteiger partial charge on any atom is -0.313 e. The van der Waals surface area contributed by atoms with E-state index in [0.717, 1.165) is 25.8 Å². The Kier molecular flexibility index (Phi) is 6.63. The number of likely N-dealkylation sites (tertiary alicyclic amines) is 1. The van der Waals surface area contributed by atoms with E-state index < -0.39 is 0 Å². The Balaban J connectivity index is 1.57. The lowest BCUT2D eigenvalue weighted by Crippen LogP contribution is -2.33. The molecular formula is C18H26N2. The van der Waals surface area contributed by atoms with Crippen molar-refractivity contribution in [2.45, 2.75) is 38.1 Å². The Hall–Kier alpha value is -1.30. The molecule has 0 saturated carbocycles. The average Bonchev–Trinajstić information content (AvgIpc) is 2.94. The summed E-state index contributed by atoms with van der Waals surface area (Å²) in [5.41, 5.74) is 1.44.